The lowest BCUT2D eigenvalue weighted by Gasteiger charge is -1.98. The molecule has 1 aromatic heterocycles. The third kappa shape index (κ3) is 1.62. The van der Waals surface area contributed by atoms with E-state index >= 15 is 0 Å². The normalized spacial score (nSPS) is 10.5. The molecule has 0 fully saturated rings. The highest BCUT2D eigenvalue weighted by Crippen LogP contribution is 2.04. The molecule has 0 radical (unpaired) electrons. The van der Waals surface area contributed by atoms with Crippen molar-refractivity contribution in [3.05, 3.63) is 17.7 Å². The Morgan fingerprint density at radius 2 is 2.00 bits per heavy atom. The fraction of sp³-hybridized carbons (Fsp3) is 0.667. The number of rotatable bonds is 3. The monoisotopic (exact) mass is 152 g/mol. The van der Waals surface area contributed by atoms with Gasteiger partial charge in [-0.05, 0) is 13.3 Å². The van der Waals surface area contributed by atoms with E-state index in [0.29, 0.717) is 0 Å². The zero-order chi connectivity index (χ0) is 8.27. The van der Waals surface area contributed by atoms with Gasteiger partial charge in [-0.25, -0.2) is 4.98 Å². The lowest BCUT2D eigenvalue weighted by Crippen LogP contribution is -1.98. The second-order valence-electron chi connectivity index (χ2n) is 2.64. The van der Waals surface area contributed by atoms with E-state index in [1.165, 1.54) is 11.5 Å². The summed E-state index contributed by atoms with van der Waals surface area (Å²) in [4.78, 5) is 4.48. The van der Waals surface area contributed by atoms with Crippen molar-refractivity contribution in [3.63, 3.8) is 0 Å². The van der Waals surface area contributed by atoms with Crippen LogP contribution in [0.5, 0.6) is 0 Å². The van der Waals surface area contributed by atoms with Gasteiger partial charge in [0.05, 0.1) is 5.69 Å². The van der Waals surface area contributed by atoms with E-state index in [-0.39, 0.29) is 0 Å². The minimum absolute atomic E-state index is 1.04. The van der Waals surface area contributed by atoms with Gasteiger partial charge in [0.25, 0.3) is 0 Å². The molecule has 1 aromatic rings. The Morgan fingerprint density at radius 1 is 1.27 bits per heavy atom. The maximum atomic E-state index is 4.48. The summed E-state index contributed by atoms with van der Waals surface area (Å²) in [6.45, 7) is 7.48. The number of hydrogen-bond acceptors (Lipinski definition) is 1. The van der Waals surface area contributed by atoms with Crippen LogP contribution in [0.3, 0.4) is 0 Å². The number of aryl methyl sites for hydroxylation is 3. The van der Waals surface area contributed by atoms with E-state index in [0.717, 1.165) is 19.4 Å². The second-order valence-corrected chi connectivity index (χ2v) is 2.64. The maximum absolute atomic E-state index is 4.48. The summed E-state index contributed by atoms with van der Waals surface area (Å²) >= 11 is 0. The number of hydrogen-bond donors (Lipinski definition) is 0. The second kappa shape index (κ2) is 3.56. The van der Waals surface area contributed by atoms with Gasteiger partial charge in [-0.2, -0.15) is 0 Å². The molecule has 62 valence electrons. The Balaban J connectivity index is 2.92. The maximum Gasteiger partial charge on any atom is 0.108 e. The van der Waals surface area contributed by atoms with E-state index in [9.17, 15) is 0 Å². The number of aromatic nitrogens is 2. The van der Waals surface area contributed by atoms with E-state index in [1.807, 2.05) is 0 Å². The van der Waals surface area contributed by atoms with Crippen molar-refractivity contribution >= 4 is 0 Å². The first-order chi connectivity index (χ1) is 5.31. The molecular weight excluding hydrogens is 136 g/mol. The molecule has 0 bridgehead atoms. The summed E-state index contributed by atoms with van der Waals surface area (Å²) in [6.07, 6.45) is 4.23. The smallest absolute Gasteiger partial charge is 0.108 e. The Kier molecular flexibility index (Phi) is 2.69. The van der Waals surface area contributed by atoms with Crippen LogP contribution in [-0.2, 0) is 19.4 Å². The van der Waals surface area contributed by atoms with Crippen LogP contribution in [0.25, 0.3) is 0 Å². The first-order valence-corrected chi connectivity index (χ1v) is 4.36. The molecule has 0 saturated heterocycles. The van der Waals surface area contributed by atoms with Crippen molar-refractivity contribution < 1.29 is 0 Å². The molecule has 0 N–H and O–H groups in total. The quantitative estimate of drug-likeness (QED) is 0.648. The summed E-state index contributed by atoms with van der Waals surface area (Å²) in [6, 6.07) is 0. The molecule has 11 heavy (non-hydrogen) atoms. The van der Waals surface area contributed by atoms with Gasteiger partial charge in [0.2, 0.25) is 0 Å². The van der Waals surface area contributed by atoms with Gasteiger partial charge in [0.15, 0.2) is 0 Å². The summed E-state index contributed by atoms with van der Waals surface area (Å²) in [5, 5.41) is 0. The lowest BCUT2D eigenvalue weighted by atomic mass is 10.4. The van der Waals surface area contributed by atoms with Crippen LogP contribution in [-0.4, -0.2) is 9.55 Å². The Bertz CT molecular complexity index is 204. The first kappa shape index (κ1) is 8.31. The molecule has 0 aliphatic carbocycles. The molecule has 0 atom stereocenters. The van der Waals surface area contributed by atoms with Gasteiger partial charge < -0.3 is 4.57 Å². The molecule has 2 heteroatoms. The average Bonchev–Trinajstić information content (AvgIpc) is 2.46. The fourth-order valence-electron chi connectivity index (χ4n) is 1.24. The molecule has 0 aromatic carbocycles. The number of imidazole rings is 1. The van der Waals surface area contributed by atoms with Crippen molar-refractivity contribution in [1.29, 1.82) is 0 Å². The molecule has 0 aliphatic rings. The van der Waals surface area contributed by atoms with Gasteiger partial charge >= 0.3 is 0 Å². The highest BCUT2D eigenvalue weighted by Gasteiger charge is 2.01. The Labute approximate surface area is 68.3 Å². The molecule has 0 spiro atoms. The van der Waals surface area contributed by atoms with Gasteiger partial charge in [-0.3, -0.25) is 0 Å². The fourth-order valence-corrected chi connectivity index (χ4v) is 1.24. The lowest BCUT2D eigenvalue weighted by molar-refractivity contribution is 0.705. The molecular formula is C9H16N2. The van der Waals surface area contributed by atoms with Gasteiger partial charge in [-0.15, -0.1) is 0 Å². The molecule has 0 unspecified atom stereocenters. The topological polar surface area (TPSA) is 17.8 Å². The highest BCUT2D eigenvalue weighted by atomic mass is 15.1. The van der Waals surface area contributed by atoms with E-state index in [1.54, 1.807) is 0 Å². The van der Waals surface area contributed by atoms with Crippen molar-refractivity contribution in [2.75, 3.05) is 0 Å². The highest BCUT2D eigenvalue weighted by molar-refractivity contribution is 5.03. The largest absolute Gasteiger partial charge is 0.335 e. The van der Waals surface area contributed by atoms with Crippen LogP contribution in [0, 0.1) is 0 Å². The van der Waals surface area contributed by atoms with Crippen LogP contribution >= 0.6 is 0 Å². The van der Waals surface area contributed by atoms with Crippen LogP contribution in [0.1, 0.15) is 32.3 Å². The van der Waals surface area contributed by atoms with Crippen LogP contribution in [0.15, 0.2) is 6.20 Å². The third-order valence-electron chi connectivity index (χ3n) is 1.93. The number of nitrogens with zero attached hydrogens (tertiary/aromatic N) is 2. The van der Waals surface area contributed by atoms with E-state index < -0.39 is 0 Å². The molecule has 1 rings (SSSR count). The van der Waals surface area contributed by atoms with Crippen molar-refractivity contribution in [2.24, 2.45) is 0 Å². The predicted molar refractivity (Wildman–Crippen MR) is 46.7 cm³/mol. The summed E-state index contributed by atoms with van der Waals surface area (Å²) < 4.78 is 2.22. The minimum atomic E-state index is 1.04. The molecule has 0 aliphatic heterocycles. The molecule has 0 saturated carbocycles. The zero-order valence-corrected chi connectivity index (χ0v) is 7.59. The first-order valence-electron chi connectivity index (χ1n) is 4.36. The predicted octanol–water partition coefficient (Wildman–Crippen LogP) is 2.03. The van der Waals surface area contributed by atoms with Crippen molar-refractivity contribution in [1.82, 2.24) is 9.55 Å². The van der Waals surface area contributed by atoms with Crippen LogP contribution in [0.4, 0.5) is 0 Å². The van der Waals surface area contributed by atoms with Gasteiger partial charge in [-0.1, -0.05) is 13.8 Å². The third-order valence-corrected chi connectivity index (χ3v) is 1.93. The molecule has 1 heterocycles. The van der Waals surface area contributed by atoms with Crippen LogP contribution in [0.2, 0.25) is 0 Å². The summed E-state index contributed by atoms with van der Waals surface area (Å²) in [7, 11) is 0. The van der Waals surface area contributed by atoms with Crippen molar-refractivity contribution in [2.45, 2.75) is 40.2 Å². The van der Waals surface area contributed by atoms with E-state index in [2.05, 4.69) is 36.5 Å². The Morgan fingerprint density at radius 3 is 2.36 bits per heavy atom. The van der Waals surface area contributed by atoms with E-state index in [4.69, 9.17) is 0 Å². The average molecular weight is 152 g/mol. The van der Waals surface area contributed by atoms with Gasteiger partial charge in [0, 0.05) is 19.2 Å². The zero-order valence-electron chi connectivity index (χ0n) is 7.59. The van der Waals surface area contributed by atoms with Gasteiger partial charge in [0.1, 0.15) is 5.82 Å². The molecule has 2 nitrogen and oxygen atoms in total. The minimum Gasteiger partial charge on any atom is -0.335 e. The van der Waals surface area contributed by atoms with Crippen LogP contribution < -0.4 is 0 Å². The molecule has 0 amide bonds. The SMILES string of the molecule is CCc1cn(CC)c(CC)n1. The standard InChI is InChI=1S/C9H16N2/c1-4-8-7-11(6-3)9(5-2)10-8/h7H,4-6H2,1-3H3. The van der Waals surface area contributed by atoms with Crippen molar-refractivity contribution in [3.8, 4) is 0 Å². The summed E-state index contributed by atoms with van der Waals surface area (Å²) in [5.74, 6) is 1.21. The summed E-state index contributed by atoms with van der Waals surface area (Å²) in [5.41, 5.74) is 1.21. The Hall–Kier alpha value is -0.790.